The maximum atomic E-state index is 13.7. The van der Waals surface area contributed by atoms with Gasteiger partial charge in [-0.25, -0.2) is 4.39 Å². The monoisotopic (exact) mass is 237 g/mol. The number of carbonyl (C=O) groups is 1. The van der Waals surface area contributed by atoms with E-state index in [4.69, 9.17) is 5.11 Å². The van der Waals surface area contributed by atoms with Crippen molar-refractivity contribution in [3.63, 3.8) is 0 Å². The molecule has 0 bridgehead atoms. The van der Waals surface area contributed by atoms with Crippen LogP contribution in [0.2, 0.25) is 0 Å². The highest BCUT2D eigenvalue weighted by atomic mass is 19.1. The first-order valence-corrected chi connectivity index (χ1v) is 5.81. The van der Waals surface area contributed by atoms with E-state index in [1.165, 1.54) is 12.1 Å². The van der Waals surface area contributed by atoms with Crippen LogP contribution in [-0.4, -0.2) is 35.1 Å². The van der Waals surface area contributed by atoms with E-state index < -0.39 is 5.82 Å². The topological polar surface area (TPSA) is 40.5 Å². The van der Waals surface area contributed by atoms with Crippen molar-refractivity contribution in [1.29, 1.82) is 0 Å². The average molecular weight is 237 g/mol. The van der Waals surface area contributed by atoms with E-state index in [2.05, 4.69) is 0 Å². The van der Waals surface area contributed by atoms with Gasteiger partial charge in [0.05, 0.1) is 18.2 Å². The number of hydrogen-bond donors (Lipinski definition) is 1. The summed E-state index contributed by atoms with van der Waals surface area (Å²) in [6.45, 7) is 2.32. The summed E-state index contributed by atoms with van der Waals surface area (Å²) < 4.78 is 13.7. The first-order chi connectivity index (χ1) is 8.13. The van der Waals surface area contributed by atoms with Gasteiger partial charge in [0.1, 0.15) is 5.82 Å². The van der Waals surface area contributed by atoms with Crippen LogP contribution in [0.15, 0.2) is 18.2 Å². The second kappa shape index (κ2) is 4.84. The molecule has 1 aliphatic rings. The SMILES string of the molecule is Cc1ccc(C(=O)N2CCC[C@H]2CO)c(F)c1. The van der Waals surface area contributed by atoms with Crippen LogP contribution in [-0.2, 0) is 0 Å². The molecule has 0 spiro atoms. The normalized spacial score (nSPS) is 19.7. The van der Waals surface area contributed by atoms with Crippen LogP contribution in [0.25, 0.3) is 0 Å². The van der Waals surface area contributed by atoms with Gasteiger partial charge in [0.2, 0.25) is 0 Å². The van der Waals surface area contributed by atoms with Gasteiger partial charge in [0.15, 0.2) is 0 Å². The molecule has 0 unspecified atom stereocenters. The van der Waals surface area contributed by atoms with Crippen LogP contribution in [0.1, 0.15) is 28.8 Å². The fourth-order valence-electron chi connectivity index (χ4n) is 2.24. The standard InChI is InChI=1S/C13H16FNO2/c1-9-4-5-11(12(14)7-9)13(17)15-6-2-3-10(15)8-16/h4-5,7,10,16H,2-3,6,8H2,1H3/t10-/m0/s1. The summed E-state index contributed by atoms with van der Waals surface area (Å²) in [5, 5.41) is 9.16. The second-order valence-electron chi connectivity index (χ2n) is 4.46. The summed E-state index contributed by atoms with van der Waals surface area (Å²) in [5.74, 6) is -0.808. The fraction of sp³-hybridized carbons (Fsp3) is 0.462. The van der Waals surface area contributed by atoms with Gasteiger partial charge in [0, 0.05) is 6.54 Å². The molecular weight excluding hydrogens is 221 g/mol. The second-order valence-corrected chi connectivity index (χ2v) is 4.46. The van der Waals surface area contributed by atoms with Crippen LogP contribution in [0.5, 0.6) is 0 Å². The molecule has 0 aliphatic carbocycles. The minimum Gasteiger partial charge on any atom is -0.394 e. The van der Waals surface area contributed by atoms with Crippen molar-refractivity contribution in [2.24, 2.45) is 0 Å². The predicted octanol–water partition coefficient (Wildman–Crippen LogP) is 1.73. The largest absolute Gasteiger partial charge is 0.394 e. The Bertz CT molecular complexity index is 433. The highest BCUT2D eigenvalue weighted by Gasteiger charge is 2.29. The zero-order valence-corrected chi connectivity index (χ0v) is 9.82. The van der Waals surface area contributed by atoms with Crippen LogP contribution >= 0.6 is 0 Å². The number of amides is 1. The smallest absolute Gasteiger partial charge is 0.257 e. The molecule has 1 saturated heterocycles. The molecule has 1 aromatic rings. The van der Waals surface area contributed by atoms with Crippen molar-refractivity contribution in [2.45, 2.75) is 25.8 Å². The number of aliphatic hydroxyl groups is 1. The summed E-state index contributed by atoms with van der Waals surface area (Å²) >= 11 is 0. The molecule has 92 valence electrons. The van der Waals surface area contributed by atoms with Crippen molar-refractivity contribution in [3.8, 4) is 0 Å². The quantitative estimate of drug-likeness (QED) is 0.851. The number of hydrogen-bond acceptors (Lipinski definition) is 2. The predicted molar refractivity (Wildman–Crippen MR) is 62.3 cm³/mol. The summed E-state index contributed by atoms with van der Waals surface area (Å²) in [5.41, 5.74) is 0.884. The fourth-order valence-corrected chi connectivity index (χ4v) is 2.24. The number of carbonyl (C=O) groups excluding carboxylic acids is 1. The number of aliphatic hydroxyl groups excluding tert-OH is 1. The minimum absolute atomic E-state index is 0.0563. The molecule has 1 N–H and O–H groups in total. The van der Waals surface area contributed by atoms with Gasteiger partial charge in [-0.1, -0.05) is 6.07 Å². The molecule has 4 heteroatoms. The Labute approximate surface area is 99.9 Å². The number of halogens is 1. The molecule has 2 rings (SSSR count). The van der Waals surface area contributed by atoms with Crippen molar-refractivity contribution in [2.75, 3.05) is 13.2 Å². The van der Waals surface area contributed by atoms with Gasteiger partial charge in [-0.2, -0.15) is 0 Å². The molecule has 1 fully saturated rings. The van der Waals surface area contributed by atoms with Gasteiger partial charge >= 0.3 is 0 Å². The van der Waals surface area contributed by atoms with Crippen molar-refractivity contribution < 1.29 is 14.3 Å². The third-order valence-electron chi connectivity index (χ3n) is 3.20. The summed E-state index contributed by atoms with van der Waals surface area (Å²) in [4.78, 5) is 13.7. The number of nitrogens with zero attached hydrogens (tertiary/aromatic N) is 1. The van der Waals surface area contributed by atoms with E-state index in [-0.39, 0.29) is 24.1 Å². The Balaban J connectivity index is 2.24. The van der Waals surface area contributed by atoms with E-state index in [9.17, 15) is 9.18 Å². The third kappa shape index (κ3) is 2.31. The van der Waals surface area contributed by atoms with Gasteiger partial charge in [-0.05, 0) is 37.5 Å². The summed E-state index contributed by atoms with van der Waals surface area (Å²) in [6.07, 6.45) is 1.65. The maximum absolute atomic E-state index is 13.7. The van der Waals surface area contributed by atoms with Crippen LogP contribution in [0.3, 0.4) is 0 Å². The van der Waals surface area contributed by atoms with Crippen LogP contribution in [0, 0.1) is 12.7 Å². The maximum Gasteiger partial charge on any atom is 0.257 e. The number of aryl methyl sites for hydroxylation is 1. The molecule has 1 heterocycles. The minimum atomic E-state index is -0.487. The van der Waals surface area contributed by atoms with E-state index in [0.717, 1.165) is 18.4 Å². The first kappa shape index (κ1) is 12.0. The van der Waals surface area contributed by atoms with Gasteiger partial charge in [0.25, 0.3) is 5.91 Å². The molecule has 17 heavy (non-hydrogen) atoms. The lowest BCUT2D eigenvalue weighted by Gasteiger charge is -2.23. The van der Waals surface area contributed by atoms with Gasteiger partial charge in [-0.3, -0.25) is 4.79 Å². The molecule has 1 amide bonds. The Morgan fingerprint density at radius 3 is 3.00 bits per heavy atom. The zero-order valence-electron chi connectivity index (χ0n) is 9.82. The molecule has 0 saturated carbocycles. The Morgan fingerprint density at radius 1 is 1.59 bits per heavy atom. The lowest BCUT2D eigenvalue weighted by Crippen LogP contribution is -2.38. The molecule has 0 aromatic heterocycles. The summed E-state index contributed by atoms with van der Waals surface area (Å²) in [7, 11) is 0. The number of rotatable bonds is 2. The Hall–Kier alpha value is -1.42. The average Bonchev–Trinajstić information content (AvgIpc) is 2.76. The van der Waals surface area contributed by atoms with Crippen molar-refractivity contribution in [1.82, 2.24) is 4.90 Å². The van der Waals surface area contributed by atoms with Gasteiger partial charge in [-0.15, -0.1) is 0 Å². The van der Waals surface area contributed by atoms with E-state index in [0.29, 0.717) is 6.54 Å². The lowest BCUT2D eigenvalue weighted by molar-refractivity contribution is 0.0673. The third-order valence-corrected chi connectivity index (χ3v) is 3.20. The van der Waals surface area contributed by atoms with Crippen LogP contribution < -0.4 is 0 Å². The van der Waals surface area contributed by atoms with E-state index in [1.807, 2.05) is 0 Å². The van der Waals surface area contributed by atoms with E-state index in [1.54, 1.807) is 17.9 Å². The highest BCUT2D eigenvalue weighted by Crippen LogP contribution is 2.21. The number of likely N-dealkylation sites (tertiary alicyclic amines) is 1. The number of benzene rings is 1. The Kier molecular flexibility index (Phi) is 3.43. The first-order valence-electron chi connectivity index (χ1n) is 5.81. The Morgan fingerprint density at radius 2 is 2.35 bits per heavy atom. The summed E-state index contributed by atoms with van der Waals surface area (Å²) in [6, 6.07) is 4.43. The molecule has 1 atom stereocenters. The highest BCUT2D eigenvalue weighted by molar-refractivity contribution is 5.95. The van der Waals surface area contributed by atoms with Gasteiger partial charge < -0.3 is 10.0 Å². The van der Waals surface area contributed by atoms with Crippen molar-refractivity contribution in [3.05, 3.63) is 35.1 Å². The molecule has 1 aromatic carbocycles. The van der Waals surface area contributed by atoms with Crippen molar-refractivity contribution >= 4 is 5.91 Å². The molecule has 0 radical (unpaired) electrons. The van der Waals surface area contributed by atoms with E-state index >= 15 is 0 Å². The molecular formula is C13H16FNO2. The molecule has 3 nitrogen and oxygen atoms in total. The molecule has 1 aliphatic heterocycles. The lowest BCUT2D eigenvalue weighted by atomic mass is 10.1. The zero-order chi connectivity index (χ0) is 12.4. The van der Waals surface area contributed by atoms with Crippen LogP contribution in [0.4, 0.5) is 4.39 Å².